The normalized spacial score (nSPS) is 13.8. The Morgan fingerprint density at radius 3 is 2.85 bits per heavy atom. The van der Waals surface area contributed by atoms with E-state index < -0.39 is 0 Å². The lowest BCUT2D eigenvalue weighted by atomic mass is 9.99. The summed E-state index contributed by atoms with van der Waals surface area (Å²) in [5.74, 6) is 1.63. The molecule has 4 heterocycles. The lowest BCUT2D eigenvalue weighted by molar-refractivity contribution is -0.131. The second kappa shape index (κ2) is 9.64. The highest BCUT2D eigenvalue weighted by Crippen LogP contribution is 2.28. The topological polar surface area (TPSA) is 91.8 Å². The number of hydrogen-bond acceptors (Lipinski definition) is 5. The molecule has 1 aliphatic heterocycles. The molecule has 0 bridgehead atoms. The fraction of sp³-hybridized carbons (Fsp3) is 0.280. The molecule has 0 fully saturated rings. The predicted octanol–water partition coefficient (Wildman–Crippen LogP) is 4.59. The number of amides is 1. The first-order valence-electron chi connectivity index (χ1n) is 11.4. The van der Waals surface area contributed by atoms with Crippen LogP contribution in [-0.4, -0.2) is 55.2 Å². The number of nitrogens with zero attached hydrogens (tertiary/aromatic N) is 4. The van der Waals surface area contributed by atoms with Gasteiger partial charge < -0.3 is 14.6 Å². The smallest absolute Gasteiger partial charge is 0.224 e. The van der Waals surface area contributed by atoms with Gasteiger partial charge in [0.25, 0.3) is 0 Å². The summed E-state index contributed by atoms with van der Waals surface area (Å²) in [7, 11) is 0. The Labute approximate surface area is 202 Å². The van der Waals surface area contributed by atoms with Gasteiger partial charge in [-0.1, -0.05) is 6.08 Å². The number of carbonyl (C=O) groups is 1. The number of hydrogen-bond donors (Lipinski definition) is 2. The molecule has 0 aliphatic carbocycles. The summed E-state index contributed by atoms with van der Waals surface area (Å²) in [5.41, 5.74) is 4.22. The number of aromatic nitrogens is 5. The van der Waals surface area contributed by atoms with Crippen molar-refractivity contribution < 1.29 is 9.53 Å². The highest BCUT2D eigenvalue weighted by atomic mass is 32.1. The maximum Gasteiger partial charge on any atom is 0.224 e. The van der Waals surface area contributed by atoms with Crippen LogP contribution in [0.25, 0.3) is 28.0 Å². The monoisotopic (exact) mass is 474 g/mol. The van der Waals surface area contributed by atoms with Crippen molar-refractivity contribution in [1.29, 1.82) is 0 Å². The number of benzene rings is 1. The Morgan fingerprint density at radius 1 is 1.24 bits per heavy atom. The molecular formula is C25H26N6O2S. The number of carbonyl (C=O) groups excluding carboxylic acids is 1. The highest BCUT2D eigenvalue weighted by Gasteiger charge is 2.20. The van der Waals surface area contributed by atoms with E-state index in [-0.39, 0.29) is 5.91 Å². The molecule has 1 amide bonds. The van der Waals surface area contributed by atoms with Crippen LogP contribution in [0.1, 0.15) is 25.3 Å². The maximum absolute atomic E-state index is 13.0. The zero-order valence-corrected chi connectivity index (χ0v) is 19.8. The summed E-state index contributed by atoms with van der Waals surface area (Å²) in [6.07, 6.45) is 7.11. The van der Waals surface area contributed by atoms with Crippen LogP contribution < -0.4 is 4.74 Å². The molecule has 1 aromatic carbocycles. The molecule has 0 saturated carbocycles. The molecule has 9 heteroatoms. The minimum atomic E-state index is 0.108. The van der Waals surface area contributed by atoms with Crippen molar-refractivity contribution in [2.45, 2.75) is 26.3 Å². The molecule has 0 spiro atoms. The van der Waals surface area contributed by atoms with Crippen molar-refractivity contribution in [3.63, 3.8) is 0 Å². The number of H-pyrrole nitrogens is 2. The largest absolute Gasteiger partial charge is 0.494 e. The summed E-state index contributed by atoms with van der Waals surface area (Å²) < 4.78 is 7.90. The van der Waals surface area contributed by atoms with Crippen molar-refractivity contribution in [3.05, 3.63) is 65.2 Å². The average Bonchev–Trinajstić information content (AvgIpc) is 3.47. The number of fused-ring (bicyclic) bond motifs is 1. The first kappa shape index (κ1) is 22.1. The van der Waals surface area contributed by atoms with Gasteiger partial charge in [0.1, 0.15) is 11.4 Å². The zero-order chi connectivity index (χ0) is 23.5. The standard InChI is InChI=1S/C25H26N6O2S/c1-2-33-19-7-5-18(6-8-19)24-28-29-25(34)31(24)15-11-22(32)30-13-9-17(10-14-30)21-16-27-23-20(21)4-3-12-26-23/h3-9,12,16H,2,10-11,13-15H2,1H3,(H,26,27)(H,29,34). The Morgan fingerprint density at radius 2 is 2.09 bits per heavy atom. The van der Waals surface area contributed by atoms with E-state index in [1.54, 1.807) is 6.20 Å². The van der Waals surface area contributed by atoms with Gasteiger partial charge >= 0.3 is 0 Å². The van der Waals surface area contributed by atoms with Gasteiger partial charge in [0.05, 0.1) is 6.61 Å². The molecule has 8 nitrogen and oxygen atoms in total. The van der Waals surface area contributed by atoms with Gasteiger partial charge in [-0.15, -0.1) is 0 Å². The molecule has 4 aromatic rings. The van der Waals surface area contributed by atoms with Crippen molar-refractivity contribution in [1.82, 2.24) is 29.6 Å². The summed E-state index contributed by atoms with van der Waals surface area (Å²) in [5, 5.41) is 8.35. The van der Waals surface area contributed by atoms with E-state index >= 15 is 0 Å². The number of ether oxygens (including phenoxy) is 1. The van der Waals surface area contributed by atoms with E-state index in [9.17, 15) is 4.79 Å². The van der Waals surface area contributed by atoms with E-state index in [0.29, 0.717) is 37.4 Å². The van der Waals surface area contributed by atoms with Crippen LogP contribution in [0.5, 0.6) is 5.75 Å². The van der Waals surface area contributed by atoms with Crippen LogP contribution in [-0.2, 0) is 11.3 Å². The second-order valence-corrected chi connectivity index (χ2v) is 8.52. The van der Waals surface area contributed by atoms with Crippen molar-refractivity contribution in [2.75, 3.05) is 19.7 Å². The molecule has 1 aliphatic rings. The van der Waals surface area contributed by atoms with Crippen LogP contribution in [0, 0.1) is 4.77 Å². The molecule has 2 N–H and O–H groups in total. The lowest BCUT2D eigenvalue weighted by Crippen LogP contribution is -2.35. The quantitative estimate of drug-likeness (QED) is 0.382. The molecule has 0 atom stereocenters. The fourth-order valence-corrected chi connectivity index (χ4v) is 4.56. The Balaban J connectivity index is 1.24. The first-order chi connectivity index (χ1) is 16.6. The highest BCUT2D eigenvalue weighted by molar-refractivity contribution is 7.71. The van der Waals surface area contributed by atoms with Gasteiger partial charge in [0, 0.05) is 55.0 Å². The van der Waals surface area contributed by atoms with Crippen molar-refractivity contribution >= 4 is 34.7 Å². The van der Waals surface area contributed by atoms with Gasteiger partial charge in [-0.25, -0.2) is 4.98 Å². The van der Waals surface area contributed by atoms with E-state index in [1.807, 2.05) is 52.9 Å². The number of pyridine rings is 1. The number of nitrogens with one attached hydrogen (secondary N) is 2. The molecule has 0 unspecified atom stereocenters. The Hall–Kier alpha value is -3.72. The van der Waals surface area contributed by atoms with Gasteiger partial charge in [0.2, 0.25) is 5.91 Å². The molecule has 0 radical (unpaired) electrons. The van der Waals surface area contributed by atoms with Gasteiger partial charge in [-0.05, 0) is 67.5 Å². The maximum atomic E-state index is 13.0. The molecule has 3 aromatic heterocycles. The minimum absolute atomic E-state index is 0.108. The van der Waals surface area contributed by atoms with E-state index in [1.165, 1.54) is 11.1 Å². The van der Waals surface area contributed by atoms with Gasteiger partial charge in [-0.3, -0.25) is 14.5 Å². The van der Waals surface area contributed by atoms with Crippen LogP contribution in [0.3, 0.4) is 0 Å². The number of aromatic amines is 2. The molecule has 174 valence electrons. The molecule has 0 saturated heterocycles. The third kappa shape index (κ3) is 4.38. The van der Waals surface area contributed by atoms with E-state index in [2.05, 4.69) is 32.3 Å². The molecule has 5 rings (SSSR count). The summed E-state index contributed by atoms with van der Waals surface area (Å²) >= 11 is 5.43. The number of rotatable bonds is 7. The third-order valence-electron chi connectivity index (χ3n) is 6.09. The Bertz CT molecular complexity index is 1400. The average molecular weight is 475 g/mol. The summed E-state index contributed by atoms with van der Waals surface area (Å²) in [4.78, 5) is 22.5. The molecular weight excluding hydrogens is 448 g/mol. The summed E-state index contributed by atoms with van der Waals surface area (Å²) in [6, 6.07) is 11.7. The van der Waals surface area contributed by atoms with Crippen LogP contribution in [0.2, 0.25) is 0 Å². The van der Waals surface area contributed by atoms with E-state index in [0.717, 1.165) is 34.6 Å². The van der Waals surface area contributed by atoms with Gasteiger partial charge in [0.15, 0.2) is 10.6 Å². The predicted molar refractivity (Wildman–Crippen MR) is 134 cm³/mol. The fourth-order valence-electron chi connectivity index (χ4n) is 4.34. The van der Waals surface area contributed by atoms with Crippen LogP contribution in [0.15, 0.2) is 54.9 Å². The Kier molecular flexibility index (Phi) is 6.27. The van der Waals surface area contributed by atoms with Gasteiger partial charge in [-0.2, -0.15) is 5.10 Å². The molecule has 34 heavy (non-hydrogen) atoms. The minimum Gasteiger partial charge on any atom is -0.494 e. The SMILES string of the molecule is CCOc1ccc(-c2n[nH]c(=S)n2CCC(=O)N2CC=C(c3c[nH]c4ncccc34)CC2)cc1. The van der Waals surface area contributed by atoms with Crippen LogP contribution in [0.4, 0.5) is 0 Å². The van der Waals surface area contributed by atoms with Crippen LogP contribution >= 0.6 is 12.2 Å². The third-order valence-corrected chi connectivity index (χ3v) is 6.40. The first-order valence-corrected chi connectivity index (χ1v) is 11.8. The van der Waals surface area contributed by atoms with Crippen molar-refractivity contribution in [3.8, 4) is 17.1 Å². The van der Waals surface area contributed by atoms with E-state index in [4.69, 9.17) is 17.0 Å². The summed E-state index contributed by atoms with van der Waals surface area (Å²) in [6.45, 7) is 4.34. The lowest BCUT2D eigenvalue weighted by Gasteiger charge is -2.26. The zero-order valence-electron chi connectivity index (χ0n) is 19.0. The van der Waals surface area contributed by atoms with Crippen molar-refractivity contribution in [2.24, 2.45) is 0 Å². The second-order valence-electron chi connectivity index (χ2n) is 8.13.